The molecule has 0 atom stereocenters. The minimum Gasteiger partial charge on any atom is -0.493 e. The van der Waals surface area contributed by atoms with Crippen molar-refractivity contribution in [2.24, 2.45) is 10.2 Å². The molecule has 130 valence electrons. The van der Waals surface area contributed by atoms with Crippen molar-refractivity contribution in [3.05, 3.63) is 63.9 Å². The predicted octanol–water partition coefficient (Wildman–Crippen LogP) is 3.29. The highest BCUT2D eigenvalue weighted by Crippen LogP contribution is 2.29. The molecule has 0 amide bonds. The number of aliphatic hydroxyl groups excluding tert-OH is 1. The van der Waals surface area contributed by atoms with Gasteiger partial charge in [-0.05, 0) is 18.4 Å². The third kappa shape index (κ3) is 2.94. The zero-order valence-corrected chi connectivity index (χ0v) is 14.0. The van der Waals surface area contributed by atoms with E-state index in [2.05, 4.69) is 10.2 Å². The van der Waals surface area contributed by atoms with Crippen LogP contribution >= 0.6 is 0 Å². The van der Waals surface area contributed by atoms with Gasteiger partial charge in [-0.25, -0.2) is 0 Å². The molecule has 2 N–H and O–H groups in total. The number of pyridine rings is 1. The largest absolute Gasteiger partial charge is 0.493 e. The van der Waals surface area contributed by atoms with E-state index in [1.54, 1.807) is 6.07 Å². The van der Waals surface area contributed by atoms with Crippen LogP contribution in [-0.4, -0.2) is 21.4 Å². The molecular weight excluding hydrogens is 332 g/mol. The van der Waals surface area contributed by atoms with Crippen LogP contribution in [0.3, 0.4) is 0 Å². The number of aromatic hydroxyl groups is 1. The molecule has 0 aliphatic carbocycles. The Bertz CT molecular complexity index is 1100. The Morgan fingerprint density at radius 3 is 2.62 bits per heavy atom. The van der Waals surface area contributed by atoms with Crippen LogP contribution in [0.15, 0.2) is 57.5 Å². The van der Waals surface area contributed by atoms with Crippen molar-refractivity contribution in [1.29, 1.82) is 5.26 Å². The van der Waals surface area contributed by atoms with Crippen molar-refractivity contribution >= 4 is 22.1 Å². The number of aromatic nitrogens is 1. The highest BCUT2D eigenvalue weighted by molar-refractivity contribution is 5.92. The van der Waals surface area contributed by atoms with Gasteiger partial charge in [0.15, 0.2) is 5.69 Å². The summed E-state index contributed by atoms with van der Waals surface area (Å²) in [5.74, 6) is -0.479. The molecule has 0 bridgehead atoms. The van der Waals surface area contributed by atoms with Crippen molar-refractivity contribution in [1.82, 2.24) is 4.57 Å². The molecule has 0 radical (unpaired) electrons. The summed E-state index contributed by atoms with van der Waals surface area (Å²) in [5.41, 5.74) is 0.109. The van der Waals surface area contributed by atoms with Crippen LogP contribution < -0.4 is 5.56 Å². The Labute approximate surface area is 149 Å². The second kappa shape index (κ2) is 7.17. The van der Waals surface area contributed by atoms with Crippen molar-refractivity contribution in [2.45, 2.75) is 13.5 Å². The maximum atomic E-state index is 12.6. The van der Waals surface area contributed by atoms with E-state index < -0.39 is 11.4 Å². The average Bonchev–Trinajstić information content (AvgIpc) is 2.65. The summed E-state index contributed by atoms with van der Waals surface area (Å²) < 4.78 is 0.920. The summed E-state index contributed by atoms with van der Waals surface area (Å²) in [4.78, 5) is 12.6. The first-order chi connectivity index (χ1) is 12.6. The monoisotopic (exact) mass is 348 g/mol. The number of azo groups is 1. The number of rotatable bonds is 4. The molecule has 0 spiro atoms. The molecule has 0 saturated carbocycles. The summed E-state index contributed by atoms with van der Waals surface area (Å²) in [5, 5.41) is 38.6. The number of hydrogen-bond acceptors (Lipinski definition) is 6. The van der Waals surface area contributed by atoms with E-state index in [4.69, 9.17) is 5.11 Å². The van der Waals surface area contributed by atoms with Gasteiger partial charge in [-0.15, -0.1) is 10.2 Å². The number of fused-ring (bicyclic) bond motifs is 1. The third-order valence-corrected chi connectivity index (χ3v) is 4.12. The number of nitrogens with zero attached hydrogens (tertiary/aromatic N) is 4. The van der Waals surface area contributed by atoms with Gasteiger partial charge in [-0.3, -0.25) is 9.36 Å². The van der Waals surface area contributed by atoms with E-state index in [-0.39, 0.29) is 30.0 Å². The SMILES string of the molecule is Cc1c(C#N)c(O)n(CCO)c(=O)c1N=Nc1cccc2ccccc12. The van der Waals surface area contributed by atoms with Gasteiger partial charge in [-0.2, -0.15) is 5.26 Å². The molecule has 1 heterocycles. The van der Waals surface area contributed by atoms with Crippen LogP contribution in [0.1, 0.15) is 11.1 Å². The molecule has 2 aromatic carbocycles. The Hall–Kier alpha value is -3.50. The van der Waals surface area contributed by atoms with E-state index in [1.165, 1.54) is 6.92 Å². The van der Waals surface area contributed by atoms with Crippen molar-refractivity contribution in [2.75, 3.05) is 6.61 Å². The van der Waals surface area contributed by atoms with Crippen LogP contribution in [0.5, 0.6) is 5.88 Å². The number of nitriles is 1. The van der Waals surface area contributed by atoms with E-state index in [0.29, 0.717) is 5.69 Å². The highest BCUT2D eigenvalue weighted by atomic mass is 16.3. The van der Waals surface area contributed by atoms with Crippen molar-refractivity contribution < 1.29 is 10.2 Å². The van der Waals surface area contributed by atoms with Crippen LogP contribution in [0.4, 0.5) is 11.4 Å². The van der Waals surface area contributed by atoms with Gasteiger partial charge in [0.05, 0.1) is 18.8 Å². The van der Waals surface area contributed by atoms with E-state index in [0.717, 1.165) is 15.3 Å². The topological polar surface area (TPSA) is 111 Å². The second-order valence-corrected chi connectivity index (χ2v) is 5.66. The first-order valence-corrected chi connectivity index (χ1v) is 7.95. The summed E-state index contributed by atoms with van der Waals surface area (Å²) in [7, 11) is 0. The van der Waals surface area contributed by atoms with Crippen molar-refractivity contribution in [3.63, 3.8) is 0 Å². The van der Waals surface area contributed by atoms with E-state index >= 15 is 0 Å². The van der Waals surface area contributed by atoms with Crippen LogP contribution in [0.25, 0.3) is 10.8 Å². The lowest BCUT2D eigenvalue weighted by Gasteiger charge is -2.11. The van der Waals surface area contributed by atoms with E-state index in [1.807, 2.05) is 42.5 Å². The maximum Gasteiger partial charge on any atom is 0.281 e. The molecule has 0 fully saturated rings. The lowest BCUT2D eigenvalue weighted by molar-refractivity contribution is 0.263. The number of benzene rings is 2. The van der Waals surface area contributed by atoms with Gasteiger partial charge in [0.1, 0.15) is 11.6 Å². The lowest BCUT2D eigenvalue weighted by Crippen LogP contribution is -2.23. The van der Waals surface area contributed by atoms with Gasteiger partial charge in [0.2, 0.25) is 5.88 Å². The van der Waals surface area contributed by atoms with Crippen molar-refractivity contribution in [3.8, 4) is 11.9 Å². The van der Waals surface area contributed by atoms with Gasteiger partial charge < -0.3 is 10.2 Å². The normalized spacial score (nSPS) is 11.1. The molecule has 0 aliphatic heterocycles. The summed E-state index contributed by atoms with van der Waals surface area (Å²) >= 11 is 0. The fraction of sp³-hybridized carbons (Fsp3) is 0.158. The Kier molecular flexibility index (Phi) is 4.78. The molecular formula is C19H16N4O3. The number of aliphatic hydroxyl groups is 1. The summed E-state index contributed by atoms with van der Waals surface area (Å²) in [6.07, 6.45) is 0. The summed E-state index contributed by atoms with van der Waals surface area (Å²) in [6, 6.07) is 15.1. The quantitative estimate of drug-likeness (QED) is 0.705. The molecule has 1 aromatic heterocycles. The fourth-order valence-electron chi connectivity index (χ4n) is 2.76. The van der Waals surface area contributed by atoms with E-state index in [9.17, 15) is 15.2 Å². The molecule has 7 heteroatoms. The predicted molar refractivity (Wildman–Crippen MR) is 97.0 cm³/mol. The third-order valence-electron chi connectivity index (χ3n) is 4.12. The summed E-state index contributed by atoms with van der Waals surface area (Å²) in [6.45, 7) is 1.03. The number of hydrogen-bond donors (Lipinski definition) is 2. The fourth-order valence-corrected chi connectivity index (χ4v) is 2.76. The molecule has 0 aliphatic rings. The molecule has 3 rings (SSSR count). The van der Waals surface area contributed by atoms with Gasteiger partial charge >= 0.3 is 0 Å². The molecule has 0 saturated heterocycles. The Balaban J connectivity index is 2.18. The minimum atomic E-state index is -0.614. The van der Waals surface area contributed by atoms with Gasteiger partial charge in [0, 0.05) is 10.9 Å². The molecule has 7 nitrogen and oxygen atoms in total. The molecule has 26 heavy (non-hydrogen) atoms. The standard InChI is InChI=1S/C19H16N4O3/c1-12-15(11-20)18(25)23(9-10-24)19(26)17(12)22-21-16-8-4-6-13-5-2-3-7-14(13)16/h2-8,24-25H,9-10H2,1H3. The Morgan fingerprint density at radius 1 is 1.15 bits per heavy atom. The van der Waals surface area contributed by atoms with Crippen LogP contribution in [0.2, 0.25) is 0 Å². The van der Waals surface area contributed by atoms with Crippen LogP contribution in [-0.2, 0) is 6.54 Å². The van der Waals surface area contributed by atoms with Gasteiger partial charge in [0.25, 0.3) is 5.56 Å². The van der Waals surface area contributed by atoms with Gasteiger partial charge in [-0.1, -0.05) is 36.4 Å². The smallest absolute Gasteiger partial charge is 0.281 e. The first kappa shape index (κ1) is 17.3. The average molecular weight is 348 g/mol. The molecule has 3 aromatic rings. The lowest BCUT2D eigenvalue weighted by atomic mass is 10.1. The zero-order chi connectivity index (χ0) is 18.7. The Morgan fingerprint density at radius 2 is 1.88 bits per heavy atom. The van der Waals surface area contributed by atoms with Crippen LogP contribution in [0, 0.1) is 18.3 Å². The minimum absolute atomic E-state index is 0.0410. The molecule has 0 unspecified atom stereocenters. The maximum absolute atomic E-state index is 12.6. The zero-order valence-electron chi connectivity index (χ0n) is 14.0. The highest BCUT2D eigenvalue weighted by Gasteiger charge is 2.18. The second-order valence-electron chi connectivity index (χ2n) is 5.66. The first-order valence-electron chi connectivity index (χ1n) is 7.95.